The molecular weight excluding hydrogens is 411 g/mol. The maximum atomic E-state index is 12.9. The first-order chi connectivity index (χ1) is 13.2. The van der Waals surface area contributed by atoms with Crippen LogP contribution in [0.25, 0.3) is 16.6 Å². The van der Waals surface area contributed by atoms with Gasteiger partial charge in [0, 0.05) is 24.7 Å². The minimum atomic E-state index is -0.0240. The quantitative estimate of drug-likeness (QED) is 0.679. The predicted octanol–water partition coefficient (Wildman–Crippen LogP) is 3.04. The van der Waals surface area contributed by atoms with E-state index >= 15 is 0 Å². The van der Waals surface area contributed by atoms with Crippen molar-refractivity contribution in [2.24, 2.45) is 5.92 Å². The Morgan fingerprint density at radius 2 is 1.97 bits per heavy atom. The number of hydrogen-bond acceptors (Lipinski definition) is 5. The Morgan fingerprint density at radius 3 is 2.69 bits per heavy atom. The van der Waals surface area contributed by atoms with Gasteiger partial charge in [-0.05, 0) is 63.5 Å². The smallest absolute Gasteiger partial charge is 0.276 e. The molecule has 0 saturated carbocycles. The average molecular weight is 437 g/mol. The van der Waals surface area contributed by atoms with Gasteiger partial charge in [-0.3, -0.25) is 9.78 Å². The van der Waals surface area contributed by atoms with Crippen LogP contribution in [0.5, 0.6) is 0 Å². The molecule has 29 heavy (non-hydrogen) atoms. The zero-order valence-corrected chi connectivity index (χ0v) is 18.2. The Morgan fingerprint density at radius 1 is 1.21 bits per heavy atom. The molecule has 4 rings (SSSR count). The second-order valence-corrected chi connectivity index (χ2v) is 7.11. The molecule has 1 aromatic carbocycles. The number of piperidine rings is 1. The summed E-state index contributed by atoms with van der Waals surface area (Å²) in [5, 5.41) is 12.7. The van der Waals surface area contributed by atoms with Crippen LogP contribution < -0.4 is 5.32 Å². The highest BCUT2D eigenvalue weighted by Crippen LogP contribution is 2.21. The van der Waals surface area contributed by atoms with Crippen LogP contribution in [0, 0.1) is 12.8 Å². The molecule has 7 nitrogen and oxygen atoms in total. The number of hydrogen-bond donors (Lipinski definition) is 1. The summed E-state index contributed by atoms with van der Waals surface area (Å²) in [6.45, 7) is 4.46. The van der Waals surface area contributed by atoms with Crippen molar-refractivity contribution in [3.05, 3.63) is 47.9 Å². The van der Waals surface area contributed by atoms with Gasteiger partial charge in [0.1, 0.15) is 0 Å². The zero-order valence-electron chi connectivity index (χ0n) is 16.5. The number of nitrogens with one attached hydrogen (secondary N) is 1. The summed E-state index contributed by atoms with van der Waals surface area (Å²) < 4.78 is 1.73. The number of nitrogens with zero attached hydrogens (tertiary/aromatic N) is 5. The zero-order chi connectivity index (χ0) is 18.8. The molecule has 0 aliphatic carbocycles. The van der Waals surface area contributed by atoms with Gasteiger partial charge < -0.3 is 10.2 Å². The molecule has 0 spiro atoms. The Bertz CT molecular complexity index is 969. The minimum Gasteiger partial charge on any atom is -0.337 e. The number of halogens is 2. The molecule has 1 amide bonds. The van der Waals surface area contributed by atoms with E-state index in [4.69, 9.17) is 0 Å². The molecule has 3 aromatic rings. The first-order valence-electron chi connectivity index (χ1n) is 9.38. The fourth-order valence-corrected chi connectivity index (χ4v) is 3.75. The van der Waals surface area contributed by atoms with Crippen molar-refractivity contribution in [3.8, 4) is 5.69 Å². The molecule has 2 aromatic heterocycles. The molecule has 3 heterocycles. The van der Waals surface area contributed by atoms with E-state index in [0.29, 0.717) is 11.6 Å². The topological polar surface area (TPSA) is 75.9 Å². The number of pyridine rings is 1. The van der Waals surface area contributed by atoms with Crippen LogP contribution in [0.4, 0.5) is 0 Å². The standard InChI is InChI=1S/C20H24N6O.2ClH/c1-14-19(20(27)25-10-7-15(8-11-25)13-21-2)23-24-26(14)17-5-6-18-16(12-17)4-3-9-22-18;;/h3-6,9,12,15,21H,7-8,10-11,13H2,1-2H3;2*1H. The second-order valence-electron chi connectivity index (χ2n) is 7.11. The van der Waals surface area contributed by atoms with Crippen molar-refractivity contribution >= 4 is 41.6 Å². The number of benzene rings is 1. The van der Waals surface area contributed by atoms with Crippen LogP contribution in [-0.4, -0.2) is 57.5 Å². The van der Waals surface area contributed by atoms with Crippen molar-refractivity contribution < 1.29 is 4.79 Å². The maximum absolute atomic E-state index is 12.9. The molecule has 156 valence electrons. The number of rotatable bonds is 4. The van der Waals surface area contributed by atoms with Crippen LogP contribution in [0.15, 0.2) is 36.5 Å². The third-order valence-electron chi connectivity index (χ3n) is 5.32. The fourth-order valence-electron chi connectivity index (χ4n) is 3.75. The molecule has 1 saturated heterocycles. The summed E-state index contributed by atoms with van der Waals surface area (Å²) >= 11 is 0. The van der Waals surface area contributed by atoms with Gasteiger partial charge in [0.15, 0.2) is 5.69 Å². The number of carbonyl (C=O) groups excluding carboxylic acids is 1. The van der Waals surface area contributed by atoms with Crippen LogP contribution in [0.2, 0.25) is 0 Å². The highest BCUT2D eigenvalue weighted by Gasteiger charge is 2.27. The van der Waals surface area contributed by atoms with E-state index in [-0.39, 0.29) is 30.7 Å². The Balaban J connectivity index is 0.00000150. The molecule has 0 bridgehead atoms. The lowest BCUT2D eigenvalue weighted by Gasteiger charge is -2.31. The molecule has 1 fully saturated rings. The highest BCUT2D eigenvalue weighted by molar-refractivity contribution is 5.93. The van der Waals surface area contributed by atoms with Gasteiger partial charge >= 0.3 is 0 Å². The van der Waals surface area contributed by atoms with Crippen molar-refractivity contribution in [3.63, 3.8) is 0 Å². The first-order valence-corrected chi connectivity index (χ1v) is 9.38. The van der Waals surface area contributed by atoms with Crippen molar-refractivity contribution in [1.82, 2.24) is 30.2 Å². The van der Waals surface area contributed by atoms with E-state index in [1.807, 2.05) is 49.2 Å². The lowest BCUT2D eigenvalue weighted by Crippen LogP contribution is -2.40. The molecule has 0 atom stereocenters. The third-order valence-corrected chi connectivity index (χ3v) is 5.32. The number of fused-ring (bicyclic) bond motifs is 1. The minimum absolute atomic E-state index is 0. The largest absolute Gasteiger partial charge is 0.337 e. The van der Waals surface area contributed by atoms with Gasteiger partial charge in [-0.15, -0.1) is 29.9 Å². The summed E-state index contributed by atoms with van der Waals surface area (Å²) in [5.41, 5.74) is 3.01. The predicted molar refractivity (Wildman–Crippen MR) is 118 cm³/mol. The molecule has 9 heteroatoms. The summed E-state index contributed by atoms with van der Waals surface area (Å²) in [6.07, 6.45) is 3.83. The van der Waals surface area contributed by atoms with Crippen molar-refractivity contribution in [1.29, 1.82) is 0 Å². The van der Waals surface area contributed by atoms with Crippen LogP contribution >= 0.6 is 24.8 Å². The summed E-state index contributed by atoms with van der Waals surface area (Å²) in [4.78, 5) is 19.2. The average Bonchev–Trinajstić information content (AvgIpc) is 3.09. The van der Waals surface area contributed by atoms with Crippen molar-refractivity contribution in [2.45, 2.75) is 19.8 Å². The third kappa shape index (κ3) is 4.69. The Labute approximate surface area is 182 Å². The van der Waals surface area contributed by atoms with E-state index in [1.54, 1.807) is 10.9 Å². The lowest BCUT2D eigenvalue weighted by molar-refractivity contribution is 0.0684. The molecular formula is C20H26Cl2N6O. The number of carbonyl (C=O) groups is 1. The lowest BCUT2D eigenvalue weighted by atomic mass is 9.96. The van der Waals surface area contributed by atoms with Crippen molar-refractivity contribution in [2.75, 3.05) is 26.7 Å². The SMILES string of the molecule is CNCC1CCN(C(=O)c2nnn(-c3ccc4ncccc4c3)c2C)CC1.Cl.Cl. The van der Waals surface area contributed by atoms with Crippen LogP contribution in [-0.2, 0) is 0 Å². The van der Waals surface area contributed by atoms with Gasteiger partial charge in [-0.1, -0.05) is 11.3 Å². The molecule has 0 radical (unpaired) electrons. The van der Waals surface area contributed by atoms with Gasteiger partial charge in [0.05, 0.1) is 16.9 Å². The maximum Gasteiger partial charge on any atom is 0.276 e. The van der Waals surface area contributed by atoms with E-state index < -0.39 is 0 Å². The van der Waals surface area contributed by atoms with Gasteiger partial charge in [0.25, 0.3) is 5.91 Å². The fraction of sp³-hybridized carbons (Fsp3) is 0.400. The highest BCUT2D eigenvalue weighted by atomic mass is 35.5. The van der Waals surface area contributed by atoms with E-state index in [0.717, 1.165) is 54.8 Å². The van der Waals surface area contributed by atoms with Crippen LogP contribution in [0.3, 0.4) is 0 Å². The van der Waals surface area contributed by atoms with Crippen LogP contribution in [0.1, 0.15) is 29.0 Å². The molecule has 1 aliphatic rings. The summed E-state index contributed by atoms with van der Waals surface area (Å²) in [7, 11) is 1.97. The van der Waals surface area contributed by atoms with Gasteiger partial charge in [-0.25, -0.2) is 4.68 Å². The Kier molecular flexibility index (Phi) is 7.96. The monoisotopic (exact) mass is 436 g/mol. The second kappa shape index (κ2) is 10.0. The van der Waals surface area contributed by atoms with Gasteiger partial charge in [-0.2, -0.15) is 0 Å². The van der Waals surface area contributed by atoms with Gasteiger partial charge in [0.2, 0.25) is 0 Å². The molecule has 0 unspecified atom stereocenters. The first kappa shape index (κ1) is 23.1. The Hall–Kier alpha value is -2.22. The number of likely N-dealkylation sites (tertiary alicyclic amines) is 1. The summed E-state index contributed by atoms with van der Waals surface area (Å²) in [5.74, 6) is 0.617. The van der Waals surface area contributed by atoms with E-state index in [9.17, 15) is 4.79 Å². The molecule has 1 aliphatic heterocycles. The summed E-state index contributed by atoms with van der Waals surface area (Å²) in [6, 6.07) is 9.85. The normalized spacial score (nSPS) is 14.3. The molecule has 1 N–H and O–H groups in total. The van der Waals surface area contributed by atoms with E-state index in [2.05, 4.69) is 20.6 Å². The number of amides is 1. The van der Waals surface area contributed by atoms with E-state index in [1.165, 1.54) is 0 Å². The number of aromatic nitrogens is 4.